The Morgan fingerprint density at radius 3 is 2.54 bits per heavy atom. The number of hydrogen-bond donors (Lipinski definition) is 0. The summed E-state index contributed by atoms with van der Waals surface area (Å²) in [5.74, 6) is 0. The van der Waals surface area contributed by atoms with Gasteiger partial charge < -0.3 is 9.98 Å². The molecule has 1 aromatic heterocycles. The van der Waals surface area contributed by atoms with Gasteiger partial charge in [-0.05, 0) is 10.9 Å². The normalized spacial score (nSPS) is 9.62. The van der Waals surface area contributed by atoms with Gasteiger partial charge in [-0.2, -0.15) is 0 Å². The van der Waals surface area contributed by atoms with Gasteiger partial charge in [0.15, 0.2) is 0 Å². The summed E-state index contributed by atoms with van der Waals surface area (Å²) in [6, 6.07) is 11.6. The number of nitrogens with zero attached hydrogens (tertiary/aromatic N) is 2. The second-order valence-corrected chi connectivity index (χ2v) is 2.81. The van der Waals surface area contributed by atoms with Crippen LogP contribution in [0.5, 0.6) is 0 Å². The molecule has 0 amide bonds. The zero-order valence-corrected chi connectivity index (χ0v) is 7.86. The minimum Gasteiger partial charge on any atom is -0.465 e. The second-order valence-electron chi connectivity index (χ2n) is 2.81. The molecule has 0 aliphatic rings. The van der Waals surface area contributed by atoms with Crippen molar-refractivity contribution in [3.8, 4) is 0 Å². The van der Waals surface area contributed by atoms with Crippen molar-refractivity contribution in [2.24, 2.45) is 7.05 Å². The van der Waals surface area contributed by atoms with Crippen LogP contribution in [0.1, 0.15) is 0 Å². The maximum absolute atomic E-state index is 9.38. The number of pyridine rings is 1. The molecule has 0 saturated carbocycles. The minimum atomic E-state index is 0. The summed E-state index contributed by atoms with van der Waals surface area (Å²) in [7, 11) is 1.84. The van der Waals surface area contributed by atoms with Crippen molar-refractivity contribution < 1.29 is 18.9 Å². The fourth-order valence-electron chi connectivity index (χ4n) is 1.33. The molecule has 2 rings (SSSR count). The number of aromatic nitrogens is 1. The van der Waals surface area contributed by atoms with Crippen LogP contribution in [-0.4, -0.2) is 4.57 Å². The average Bonchev–Trinajstić information content (AvgIpc) is 2.12. The Kier molecular flexibility index (Phi) is 2.97. The number of aryl methyl sites for hydroxylation is 1. The first-order valence-electron chi connectivity index (χ1n) is 3.86. The van der Waals surface area contributed by atoms with Gasteiger partial charge in [0.05, 0.1) is 0 Å². The van der Waals surface area contributed by atoms with Crippen molar-refractivity contribution in [1.82, 2.24) is 4.57 Å². The zero-order valence-electron chi connectivity index (χ0n) is 7.86. The third-order valence-corrected chi connectivity index (χ3v) is 2.05. The van der Waals surface area contributed by atoms with Crippen LogP contribution in [0.3, 0.4) is 0 Å². The molecule has 0 bridgehead atoms. The fourth-order valence-corrected chi connectivity index (χ4v) is 1.33. The van der Waals surface area contributed by atoms with Crippen LogP contribution in [0.2, 0.25) is 0 Å². The van der Waals surface area contributed by atoms with Crippen molar-refractivity contribution in [2.75, 3.05) is 0 Å². The fraction of sp³-hybridized carbons (Fsp3) is 0.100. The maximum atomic E-state index is 9.38. The number of benzene rings is 1. The predicted octanol–water partition coefficient (Wildman–Crippen LogP) is -1.35. The summed E-state index contributed by atoms with van der Waals surface area (Å²) in [6.07, 6.45) is 0. The van der Waals surface area contributed by atoms with E-state index in [0.29, 0.717) is 0 Å². The molecule has 0 saturated heterocycles. The van der Waals surface area contributed by atoms with Gasteiger partial charge >= 0.3 is 18.9 Å². The molecule has 0 aliphatic heterocycles. The summed E-state index contributed by atoms with van der Waals surface area (Å²) in [6.45, 7) is 0. The van der Waals surface area contributed by atoms with Gasteiger partial charge in [0.2, 0.25) is 0 Å². The van der Waals surface area contributed by atoms with Crippen LogP contribution in [0, 0.1) is 0 Å². The van der Waals surface area contributed by atoms with E-state index in [1.54, 1.807) is 10.6 Å². The summed E-state index contributed by atoms with van der Waals surface area (Å²) >= 11 is 0. The molecule has 0 fully saturated rings. The minimum absolute atomic E-state index is 0. The third kappa shape index (κ3) is 1.69. The standard InChI is InChI=1S/C10H9N2.Li/c1-12-9-5-3-2-4-8(9)6-7-10(12)11;/h2-7H,1H3;/q-1;+1. The SMILES string of the molecule is Cn1c(=[N-])ccc2ccccc21.[Li+]. The predicted molar refractivity (Wildman–Crippen MR) is 49.4 cm³/mol. The van der Waals surface area contributed by atoms with Gasteiger partial charge in [-0.15, -0.1) is 0 Å². The van der Waals surface area contributed by atoms with Crippen LogP contribution in [0.15, 0.2) is 36.4 Å². The number of hydrogen-bond acceptors (Lipinski definition) is 0. The van der Waals surface area contributed by atoms with Crippen LogP contribution < -0.4 is 24.3 Å². The molecule has 0 unspecified atom stereocenters. The first-order valence-corrected chi connectivity index (χ1v) is 3.86. The Morgan fingerprint density at radius 2 is 1.77 bits per heavy atom. The van der Waals surface area contributed by atoms with Crippen LogP contribution in [0.4, 0.5) is 0 Å². The van der Waals surface area contributed by atoms with Crippen molar-refractivity contribution in [3.05, 3.63) is 47.3 Å². The van der Waals surface area contributed by atoms with E-state index in [0.717, 1.165) is 10.9 Å². The maximum Gasteiger partial charge on any atom is 1.00 e. The van der Waals surface area contributed by atoms with Gasteiger partial charge in [0.1, 0.15) is 0 Å². The van der Waals surface area contributed by atoms with Gasteiger partial charge in [0.25, 0.3) is 0 Å². The zero-order chi connectivity index (χ0) is 8.55. The van der Waals surface area contributed by atoms with E-state index in [1.807, 2.05) is 37.4 Å². The number of fused-ring (bicyclic) bond motifs is 1. The second kappa shape index (κ2) is 3.82. The molecule has 0 N–H and O–H groups in total. The molecule has 1 aromatic carbocycles. The molecule has 2 nitrogen and oxygen atoms in total. The molecule has 3 heteroatoms. The Morgan fingerprint density at radius 1 is 1.08 bits per heavy atom. The summed E-state index contributed by atoms with van der Waals surface area (Å²) in [5, 5.41) is 10.5. The van der Waals surface area contributed by atoms with Gasteiger partial charge in [-0.1, -0.05) is 48.9 Å². The van der Waals surface area contributed by atoms with E-state index in [4.69, 9.17) is 0 Å². The monoisotopic (exact) mass is 164 g/mol. The molecule has 60 valence electrons. The summed E-state index contributed by atoms with van der Waals surface area (Å²) < 4.78 is 1.76. The van der Waals surface area contributed by atoms with Crippen LogP contribution in [-0.2, 0) is 7.05 Å². The molecule has 0 radical (unpaired) electrons. The van der Waals surface area contributed by atoms with Gasteiger partial charge in [0, 0.05) is 0 Å². The van der Waals surface area contributed by atoms with Crippen LogP contribution in [0.25, 0.3) is 16.3 Å². The van der Waals surface area contributed by atoms with E-state index < -0.39 is 0 Å². The van der Waals surface area contributed by atoms with Gasteiger partial charge in [-0.3, -0.25) is 0 Å². The average molecular weight is 164 g/mol. The van der Waals surface area contributed by atoms with Crippen molar-refractivity contribution in [2.45, 2.75) is 0 Å². The molecule has 0 spiro atoms. The van der Waals surface area contributed by atoms with Crippen molar-refractivity contribution >= 4 is 10.9 Å². The molecule has 2 aromatic rings. The van der Waals surface area contributed by atoms with E-state index in [-0.39, 0.29) is 24.3 Å². The quantitative estimate of drug-likeness (QED) is 0.431. The first-order chi connectivity index (χ1) is 5.79. The van der Waals surface area contributed by atoms with Crippen molar-refractivity contribution in [3.63, 3.8) is 0 Å². The molecular weight excluding hydrogens is 155 g/mol. The Balaban J connectivity index is 0.000000845. The largest absolute Gasteiger partial charge is 1.00 e. The van der Waals surface area contributed by atoms with Crippen molar-refractivity contribution in [1.29, 1.82) is 0 Å². The summed E-state index contributed by atoms with van der Waals surface area (Å²) in [4.78, 5) is 0. The number of rotatable bonds is 0. The molecule has 0 atom stereocenters. The Hall–Kier alpha value is -0.973. The van der Waals surface area contributed by atoms with Gasteiger partial charge in [-0.25, -0.2) is 0 Å². The molecule has 13 heavy (non-hydrogen) atoms. The number of para-hydroxylation sites is 1. The Labute approximate surface area is 88.9 Å². The third-order valence-electron chi connectivity index (χ3n) is 2.05. The topological polar surface area (TPSA) is 27.2 Å². The van der Waals surface area contributed by atoms with E-state index in [1.165, 1.54) is 0 Å². The molecular formula is C10H9LiN2. The van der Waals surface area contributed by atoms with Crippen LogP contribution >= 0.6 is 0 Å². The van der Waals surface area contributed by atoms with E-state index in [9.17, 15) is 5.41 Å². The van der Waals surface area contributed by atoms with E-state index >= 15 is 0 Å². The smallest absolute Gasteiger partial charge is 0.465 e. The summed E-state index contributed by atoms with van der Waals surface area (Å²) in [5.41, 5.74) is 1.33. The first kappa shape index (κ1) is 10.1. The van der Waals surface area contributed by atoms with E-state index in [2.05, 4.69) is 0 Å². The molecule has 0 aliphatic carbocycles. The molecule has 1 heterocycles. The Bertz CT molecular complexity index is 474.